The molecule has 1 atom stereocenters. The molecule has 7 heteroatoms. The van der Waals surface area contributed by atoms with E-state index < -0.39 is 4.84 Å². The number of amides is 1. The molecule has 5 nitrogen and oxygen atoms in total. The van der Waals surface area contributed by atoms with Crippen LogP contribution in [-0.2, 0) is 4.79 Å². The Morgan fingerprint density at radius 2 is 2.41 bits per heavy atom. The highest BCUT2D eigenvalue weighted by Gasteiger charge is 2.22. The highest BCUT2D eigenvalue weighted by Crippen LogP contribution is 2.15. The fourth-order valence-electron chi connectivity index (χ4n) is 1.36. The zero-order chi connectivity index (χ0) is 12.8. The number of rotatable bonds is 6. The highest BCUT2D eigenvalue weighted by atomic mass is 35.5. The van der Waals surface area contributed by atoms with Gasteiger partial charge in [0.15, 0.2) is 4.84 Å². The molecule has 1 rings (SSSR count). The molecule has 0 saturated carbocycles. The Morgan fingerprint density at radius 3 is 2.88 bits per heavy atom. The van der Waals surface area contributed by atoms with Gasteiger partial charge in [-0.2, -0.15) is 0 Å². The van der Waals surface area contributed by atoms with Crippen LogP contribution in [0, 0.1) is 0 Å². The molecule has 0 aromatic carbocycles. The van der Waals surface area contributed by atoms with Crippen molar-refractivity contribution in [3.05, 3.63) is 24.5 Å². The monoisotopic (exact) mass is 277 g/mol. The van der Waals surface area contributed by atoms with Crippen molar-refractivity contribution in [2.24, 2.45) is 0 Å². The van der Waals surface area contributed by atoms with Crippen LogP contribution in [0.5, 0.6) is 0 Å². The Balaban J connectivity index is 2.66. The molecule has 0 N–H and O–H groups in total. The van der Waals surface area contributed by atoms with Crippen molar-refractivity contribution >= 4 is 29.1 Å². The SMILES string of the molecule is C=CCN(CC(C)c1cnon1)C(=O)C(Cl)Cl. The minimum atomic E-state index is -1.07. The Kier molecular flexibility index (Phi) is 5.44. The minimum Gasteiger partial charge on any atom is -0.336 e. The van der Waals surface area contributed by atoms with E-state index in [2.05, 4.69) is 21.5 Å². The van der Waals surface area contributed by atoms with Crippen molar-refractivity contribution in [1.29, 1.82) is 0 Å². The Bertz CT molecular complexity index is 368. The molecule has 0 aliphatic heterocycles. The van der Waals surface area contributed by atoms with E-state index in [1.807, 2.05) is 6.92 Å². The van der Waals surface area contributed by atoms with Gasteiger partial charge in [0.2, 0.25) is 0 Å². The molecule has 0 aliphatic carbocycles. The number of carbonyl (C=O) groups excluding carboxylic acids is 1. The quantitative estimate of drug-likeness (QED) is 0.589. The van der Waals surface area contributed by atoms with Gasteiger partial charge in [-0.1, -0.05) is 46.5 Å². The first kappa shape index (κ1) is 14.0. The third-order valence-electron chi connectivity index (χ3n) is 2.23. The predicted molar refractivity (Wildman–Crippen MR) is 65.0 cm³/mol. The summed E-state index contributed by atoms with van der Waals surface area (Å²) >= 11 is 11.1. The summed E-state index contributed by atoms with van der Waals surface area (Å²) in [6.45, 7) is 6.29. The van der Waals surface area contributed by atoms with Crippen LogP contribution in [0.1, 0.15) is 18.5 Å². The molecule has 1 amide bonds. The summed E-state index contributed by atoms with van der Waals surface area (Å²) in [7, 11) is 0. The third-order valence-corrected chi connectivity index (χ3v) is 2.60. The van der Waals surface area contributed by atoms with Gasteiger partial charge in [-0.15, -0.1) is 6.58 Å². The van der Waals surface area contributed by atoms with E-state index in [1.54, 1.807) is 6.08 Å². The predicted octanol–water partition coefficient (Wildman–Crippen LogP) is 1.99. The van der Waals surface area contributed by atoms with Crippen LogP contribution in [-0.4, -0.2) is 39.0 Å². The van der Waals surface area contributed by atoms with E-state index in [0.29, 0.717) is 18.8 Å². The van der Waals surface area contributed by atoms with E-state index in [0.717, 1.165) is 0 Å². The van der Waals surface area contributed by atoms with E-state index in [1.165, 1.54) is 11.1 Å². The van der Waals surface area contributed by atoms with E-state index in [9.17, 15) is 4.79 Å². The first-order chi connectivity index (χ1) is 8.06. The number of hydrogen-bond donors (Lipinski definition) is 0. The summed E-state index contributed by atoms with van der Waals surface area (Å²) in [5.74, 6) is -0.367. The normalized spacial score (nSPS) is 12.5. The summed E-state index contributed by atoms with van der Waals surface area (Å²) in [6, 6.07) is 0. The molecule has 1 unspecified atom stereocenters. The lowest BCUT2D eigenvalue weighted by molar-refractivity contribution is -0.129. The van der Waals surface area contributed by atoms with Crippen LogP contribution in [0.2, 0.25) is 0 Å². The number of aromatic nitrogens is 2. The van der Waals surface area contributed by atoms with Gasteiger partial charge in [-0.25, -0.2) is 4.63 Å². The lowest BCUT2D eigenvalue weighted by Crippen LogP contribution is -2.37. The summed E-state index contributed by atoms with van der Waals surface area (Å²) in [5, 5.41) is 7.23. The molecule has 0 spiro atoms. The van der Waals surface area contributed by atoms with Gasteiger partial charge < -0.3 is 4.90 Å². The number of alkyl halides is 2. The number of carbonyl (C=O) groups is 1. The average Bonchev–Trinajstić information content (AvgIpc) is 2.80. The molecule has 0 radical (unpaired) electrons. The average molecular weight is 278 g/mol. The fraction of sp³-hybridized carbons (Fsp3) is 0.500. The van der Waals surface area contributed by atoms with E-state index in [-0.39, 0.29) is 11.8 Å². The van der Waals surface area contributed by atoms with Crippen molar-refractivity contribution in [3.63, 3.8) is 0 Å². The zero-order valence-electron chi connectivity index (χ0n) is 9.34. The lowest BCUT2D eigenvalue weighted by atomic mass is 10.1. The molecular formula is C10H13Cl2N3O2. The third kappa shape index (κ3) is 4.02. The molecule has 0 saturated heterocycles. The lowest BCUT2D eigenvalue weighted by Gasteiger charge is -2.24. The maximum absolute atomic E-state index is 11.7. The second-order valence-electron chi connectivity index (χ2n) is 3.57. The van der Waals surface area contributed by atoms with Gasteiger partial charge in [0.1, 0.15) is 5.69 Å². The van der Waals surface area contributed by atoms with Crippen LogP contribution in [0.15, 0.2) is 23.5 Å². The molecule has 0 aliphatic rings. The van der Waals surface area contributed by atoms with Crippen molar-refractivity contribution < 1.29 is 9.42 Å². The second kappa shape index (κ2) is 6.61. The second-order valence-corrected chi connectivity index (χ2v) is 4.66. The molecule has 0 bridgehead atoms. The topological polar surface area (TPSA) is 59.2 Å². The Labute approximate surface area is 109 Å². The molecule has 94 valence electrons. The van der Waals surface area contributed by atoms with Gasteiger partial charge in [0, 0.05) is 19.0 Å². The van der Waals surface area contributed by atoms with Crippen LogP contribution in [0.4, 0.5) is 0 Å². The summed E-state index contributed by atoms with van der Waals surface area (Å²) in [5.41, 5.74) is 0.674. The first-order valence-electron chi connectivity index (χ1n) is 5.01. The molecule has 1 aromatic rings. The van der Waals surface area contributed by atoms with Crippen molar-refractivity contribution in [3.8, 4) is 0 Å². The summed E-state index contributed by atoms with van der Waals surface area (Å²) < 4.78 is 4.51. The van der Waals surface area contributed by atoms with Crippen LogP contribution >= 0.6 is 23.2 Å². The van der Waals surface area contributed by atoms with Crippen molar-refractivity contribution in [1.82, 2.24) is 15.2 Å². The molecule has 0 fully saturated rings. The standard InChI is InChI=1S/C10H13Cl2N3O2/c1-3-4-15(10(16)9(11)12)6-7(2)8-5-13-17-14-8/h3,5,7,9H,1,4,6H2,2H3. The van der Waals surface area contributed by atoms with Crippen molar-refractivity contribution in [2.45, 2.75) is 17.7 Å². The van der Waals surface area contributed by atoms with Gasteiger partial charge >= 0.3 is 0 Å². The van der Waals surface area contributed by atoms with Gasteiger partial charge in [0.05, 0.1) is 6.20 Å². The van der Waals surface area contributed by atoms with Crippen molar-refractivity contribution in [2.75, 3.05) is 13.1 Å². The summed E-state index contributed by atoms with van der Waals surface area (Å²) in [6.07, 6.45) is 3.13. The van der Waals surface area contributed by atoms with Gasteiger partial charge in [-0.05, 0) is 0 Å². The van der Waals surface area contributed by atoms with Crippen LogP contribution < -0.4 is 0 Å². The maximum Gasteiger partial charge on any atom is 0.256 e. The first-order valence-corrected chi connectivity index (χ1v) is 5.88. The van der Waals surface area contributed by atoms with E-state index in [4.69, 9.17) is 23.2 Å². The number of halogens is 2. The largest absolute Gasteiger partial charge is 0.336 e. The molecule has 1 heterocycles. The number of nitrogens with zero attached hydrogens (tertiary/aromatic N) is 3. The highest BCUT2D eigenvalue weighted by molar-refractivity contribution is 6.53. The molecule has 17 heavy (non-hydrogen) atoms. The Hall–Kier alpha value is -1.07. The maximum atomic E-state index is 11.7. The van der Waals surface area contributed by atoms with Crippen LogP contribution in [0.3, 0.4) is 0 Å². The zero-order valence-corrected chi connectivity index (χ0v) is 10.9. The molecule has 1 aromatic heterocycles. The molecular weight excluding hydrogens is 265 g/mol. The number of hydrogen-bond acceptors (Lipinski definition) is 4. The smallest absolute Gasteiger partial charge is 0.256 e. The van der Waals surface area contributed by atoms with Crippen LogP contribution in [0.25, 0.3) is 0 Å². The fourth-order valence-corrected chi connectivity index (χ4v) is 1.64. The van der Waals surface area contributed by atoms with Gasteiger partial charge in [-0.3, -0.25) is 4.79 Å². The Morgan fingerprint density at radius 1 is 1.71 bits per heavy atom. The van der Waals surface area contributed by atoms with E-state index >= 15 is 0 Å². The van der Waals surface area contributed by atoms with Gasteiger partial charge in [0.25, 0.3) is 5.91 Å². The summed E-state index contributed by atoms with van der Waals surface area (Å²) in [4.78, 5) is 12.1. The minimum absolute atomic E-state index is 0.0165.